The first-order valence-electron chi connectivity index (χ1n) is 13.8. The molecule has 3 aromatic rings. The van der Waals surface area contributed by atoms with Gasteiger partial charge in [-0.05, 0) is 48.2 Å². The molecule has 0 aromatic heterocycles. The number of hydrogen-bond donors (Lipinski definition) is 3. The van der Waals surface area contributed by atoms with Crippen LogP contribution in [0.3, 0.4) is 0 Å². The molecule has 3 amide bonds. The third-order valence-corrected chi connectivity index (χ3v) is 7.32. The van der Waals surface area contributed by atoms with Gasteiger partial charge >= 0.3 is 0 Å². The van der Waals surface area contributed by atoms with Crippen LogP contribution in [-0.4, -0.2) is 47.0 Å². The second-order valence-corrected chi connectivity index (χ2v) is 10.1. The number of nitrogens with zero attached hydrogens (tertiary/aromatic N) is 1. The third-order valence-electron chi connectivity index (χ3n) is 7.32. The van der Waals surface area contributed by atoms with E-state index in [2.05, 4.69) is 10.6 Å². The molecule has 4 rings (SSSR count). The van der Waals surface area contributed by atoms with Crippen LogP contribution < -0.4 is 16.4 Å². The van der Waals surface area contributed by atoms with E-state index >= 15 is 0 Å². The summed E-state index contributed by atoms with van der Waals surface area (Å²) in [5, 5.41) is 5.29. The van der Waals surface area contributed by atoms with Gasteiger partial charge in [0.1, 0.15) is 17.9 Å². The number of benzene rings is 3. The Labute approximate surface area is 239 Å². The second-order valence-electron chi connectivity index (χ2n) is 10.1. The summed E-state index contributed by atoms with van der Waals surface area (Å²) < 4.78 is 14.5. The number of anilines is 1. The molecule has 0 fully saturated rings. The first-order chi connectivity index (χ1) is 19.8. The second kappa shape index (κ2) is 13.8. The van der Waals surface area contributed by atoms with Gasteiger partial charge in [0.2, 0.25) is 17.7 Å². The molecule has 2 atom stereocenters. The average molecular weight is 559 g/mol. The van der Waals surface area contributed by atoms with Crippen molar-refractivity contribution in [2.45, 2.75) is 57.7 Å². The predicted molar refractivity (Wildman–Crippen MR) is 155 cm³/mol. The molecule has 0 unspecified atom stereocenters. The first kappa shape index (κ1) is 29.6. The number of aryl methyl sites for hydroxylation is 1. The van der Waals surface area contributed by atoms with E-state index in [0.29, 0.717) is 12.0 Å². The highest BCUT2D eigenvalue weighted by atomic mass is 19.1. The number of fused-ring (bicyclic) bond motifs is 1. The number of carbonyl (C=O) groups is 4. The van der Waals surface area contributed by atoms with Gasteiger partial charge in [0, 0.05) is 31.4 Å². The molecule has 0 radical (unpaired) electrons. The molecular formula is C32H35FN4O4. The summed E-state index contributed by atoms with van der Waals surface area (Å²) in [7, 11) is 0. The number of Topliss-reactive ketones (excluding diaryl/α,β-unsaturated/α-hetero) is 1. The summed E-state index contributed by atoms with van der Waals surface area (Å²) in [6.07, 6.45) is 0.978. The molecule has 1 heterocycles. The SMILES string of the molecule is CCc1ccc(NC(=O)[C@H](CCN)NC(=O)[C@@H]2Cc3ccccc3CN2C(=O)CCC(=O)c2ccccc2)c(F)c1. The van der Waals surface area contributed by atoms with Crippen LogP contribution in [0.25, 0.3) is 0 Å². The normalized spacial score (nSPS) is 15.0. The smallest absolute Gasteiger partial charge is 0.247 e. The molecule has 1 aliphatic rings. The number of rotatable bonds is 11. The number of nitrogens with one attached hydrogen (secondary N) is 2. The van der Waals surface area contributed by atoms with Gasteiger partial charge in [0.15, 0.2) is 5.78 Å². The van der Waals surface area contributed by atoms with Crippen LogP contribution in [0.2, 0.25) is 0 Å². The van der Waals surface area contributed by atoms with Gasteiger partial charge in [-0.2, -0.15) is 0 Å². The van der Waals surface area contributed by atoms with Crippen molar-refractivity contribution < 1.29 is 23.6 Å². The van der Waals surface area contributed by atoms with Gasteiger partial charge in [-0.1, -0.05) is 67.6 Å². The highest BCUT2D eigenvalue weighted by Gasteiger charge is 2.36. The van der Waals surface area contributed by atoms with E-state index in [4.69, 9.17) is 5.73 Å². The van der Waals surface area contributed by atoms with Crippen LogP contribution in [0.1, 0.15) is 53.2 Å². The number of nitrogens with two attached hydrogens (primary N) is 1. The van der Waals surface area contributed by atoms with Crippen molar-refractivity contribution in [3.8, 4) is 0 Å². The Bertz CT molecular complexity index is 1410. The number of amides is 3. The van der Waals surface area contributed by atoms with Gasteiger partial charge in [-0.15, -0.1) is 0 Å². The predicted octanol–water partition coefficient (Wildman–Crippen LogP) is 3.78. The van der Waals surface area contributed by atoms with E-state index in [-0.39, 0.29) is 56.2 Å². The largest absolute Gasteiger partial charge is 0.342 e. The van der Waals surface area contributed by atoms with Gasteiger partial charge < -0.3 is 21.3 Å². The van der Waals surface area contributed by atoms with Crippen molar-refractivity contribution in [3.63, 3.8) is 0 Å². The maximum atomic E-state index is 14.5. The van der Waals surface area contributed by atoms with Crippen molar-refractivity contribution >= 4 is 29.2 Å². The zero-order valence-electron chi connectivity index (χ0n) is 23.1. The molecule has 41 heavy (non-hydrogen) atoms. The molecule has 0 saturated heterocycles. The molecule has 8 nitrogen and oxygen atoms in total. The molecule has 9 heteroatoms. The molecule has 1 aliphatic heterocycles. The number of hydrogen-bond acceptors (Lipinski definition) is 5. The molecule has 0 aliphatic carbocycles. The minimum Gasteiger partial charge on any atom is -0.342 e. The van der Waals surface area contributed by atoms with Crippen LogP contribution >= 0.6 is 0 Å². The zero-order chi connectivity index (χ0) is 29.4. The lowest BCUT2D eigenvalue weighted by Gasteiger charge is -2.36. The van der Waals surface area contributed by atoms with E-state index < -0.39 is 29.7 Å². The standard InChI is InChI=1S/C32H35FN4O4/c1-2-21-12-13-26(25(33)18-21)35-31(40)27(16-17-34)36-32(41)28-19-23-10-6-7-11-24(23)20-37(28)30(39)15-14-29(38)22-8-4-3-5-9-22/h3-13,18,27-28H,2,14-17,19-20,34H2,1H3,(H,35,40)(H,36,41)/t27-,28-/m0/s1. The van der Waals surface area contributed by atoms with Crippen molar-refractivity contribution in [2.75, 3.05) is 11.9 Å². The lowest BCUT2D eigenvalue weighted by Crippen LogP contribution is -2.56. The number of halogens is 1. The number of ketones is 1. The van der Waals surface area contributed by atoms with Crippen LogP contribution in [0.5, 0.6) is 0 Å². The van der Waals surface area contributed by atoms with Crippen molar-refractivity contribution in [2.24, 2.45) is 5.73 Å². The van der Waals surface area contributed by atoms with E-state index in [0.717, 1.165) is 16.7 Å². The first-order valence-corrected chi connectivity index (χ1v) is 13.8. The van der Waals surface area contributed by atoms with Crippen molar-refractivity contribution in [3.05, 3.63) is 101 Å². The Hall–Kier alpha value is -4.37. The van der Waals surface area contributed by atoms with Gasteiger partial charge in [0.25, 0.3) is 0 Å². The van der Waals surface area contributed by atoms with Gasteiger partial charge in [0.05, 0.1) is 5.69 Å². The molecule has 0 saturated carbocycles. The minimum atomic E-state index is -1.04. The molecule has 4 N–H and O–H groups in total. The fourth-order valence-corrected chi connectivity index (χ4v) is 4.95. The Kier molecular flexibility index (Phi) is 9.97. The zero-order valence-corrected chi connectivity index (χ0v) is 23.1. The molecule has 214 valence electrons. The third kappa shape index (κ3) is 7.43. The maximum Gasteiger partial charge on any atom is 0.247 e. The van der Waals surface area contributed by atoms with Crippen LogP contribution in [0.15, 0.2) is 72.8 Å². The topological polar surface area (TPSA) is 122 Å². The Balaban J connectivity index is 1.49. The summed E-state index contributed by atoms with van der Waals surface area (Å²) in [6.45, 7) is 2.21. The highest BCUT2D eigenvalue weighted by molar-refractivity contribution is 6.00. The van der Waals surface area contributed by atoms with Crippen LogP contribution in [-0.2, 0) is 33.8 Å². The Morgan fingerprint density at radius 2 is 1.68 bits per heavy atom. The van der Waals surface area contributed by atoms with Crippen molar-refractivity contribution in [1.82, 2.24) is 10.2 Å². The minimum absolute atomic E-state index is 0.00921. The molecular weight excluding hydrogens is 523 g/mol. The summed E-state index contributed by atoms with van der Waals surface area (Å²) in [5.74, 6) is -2.17. The Morgan fingerprint density at radius 1 is 0.976 bits per heavy atom. The maximum absolute atomic E-state index is 14.5. The van der Waals surface area contributed by atoms with Crippen molar-refractivity contribution in [1.29, 1.82) is 0 Å². The van der Waals surface area contributed by atoms with E-state index in [1.807, 2.05) is 37.3 Å². The lowest BCUT2D eigenvalue weighted by molar-refractivity contribution is -0.142. The fraction of sp³-hybridized carbons (Fsp3) is 0.312. The summed E-state index contributed by atoms with van der Waals surface area (Å²) in [5.41, 5.74) is 8.90. The Morgan fingerprint density at radius 3 is 2.37 bits per heavy atom. The van der Waals surface area contributed by atoms with Crippen LogP contribution in [0, 0.1) is 5.82 Å². The quantitative estimate of drug-likeness (QED) is 0.309. The number of carbonyl (C=O) groups excluding carboxylic acids is 4. The van der Waals surface area contributed by atoms with E-state index in [1.54, 1.807) is 30.3 Å². The van der Waals surface area contributed by atoms with Gasteiger partial charge in [-0.3, -0.25) is 19.2 Å². The van der Waals surface area contributed by atoms with Crippen LogP contribution in [0.4, 0.5) is 10.1 Å². The summed E-state index contributed by atoms with van der Waals surface area (Å²) in [4.78, 5) is 54.2. The monoisotopic (exact) mass is 558 g/mol. The van der Waals surface area contributed by atoms with E-state index in [1.165, 1.54) is 17.0 Å². The van der Waals surface area contributed by atoms with E-state index in [9.17, 15) is 23.6 Å². The average Bonchev–Trinajstić information content (AvgIpc) is 3.00. The highest BCUT2D eigenvalue weighted by Crippen LogP contribution is 2.25. The molecule has 3 aromatic carbocycles. The summed E-state index contributed by atoms with van der Waals surface area (Å²) in [6, 6.07) is 18.9. The molecule has 0 bridgehead atoms. The van der Waals surface area contributed by atoms with Gasteiger partial charge in [-0.25, -0.2) is 4.39 Å². The lowest BCUT2D eigenvalue weighted by atomic mass is 9.92. The molecule has 0 spiro atoms. The fourth-order valence-electron chi connectivity index (χ4n) is 4.95. The summed E-state index contributed by atoms with van der Waals surface area (Å²) >= 11 is 0.